The van der Waals surface area contributed by atoms with Gasteiger partial charge in [0.05, 0.1) is 0 Å². The quantitative estimate of drug-likeness (QED) is 0.519. The minimum atomic E-state index is -0.277. The lowest BCUT2D eigenvalue weighted by Gasteiger charge is -2.13. The second-order valence-corrected chi connectivity index (χ2v) is 7.09. The van der Waals surface area contributed by atoms with Crippen LogP contribution < -0.4 is 21.3 Å². The molecule has 1 atom stereocenters. The van der Waals surface area contributed by atoms with Crippen LogP contribution in [0.1, 0.15) is 24.5 Å². The van der Waals surface area contributed by atoms with Crippen molar-refractivity contribution in [1.82, 2.24) is 16.0 Å². The van der Waals surface area contributed by atoms with E-state index in [9.17, 15) is 9.59 Å². The van der Waals surface area contributed by atoms with E-state index < -0.39 is 0 Å². The number of hydrogen-bond donors (Lipinski definition) is 4. The molecule has 150 valence electrons. The average molecular weight is 403 g/mol. The fraction of sp³-hybridized carbons (Fsp3) is 0.333. The highest BCUT2D eigenvalue weighted by atomic mass is 35.5. The molecule has 2 rings (SSSR count). The molecule has 0 saturated carbocycles. The number of aryl methyl sites for hydroxylation is 1. The van der Waals surface area contributed by atoms with Gasteiger partial charge in [-0.2, -0.15) is 0 Å². The Morgan fingerprint density at radius 2 is 1.64 bits per heavy atom. The standard InChI is InChI=1S/C21H27ClN4O2/c1-15(13-23-2)25-20(27)12-7-16-5-10-19(11-6-16)26-21(28)24-14-17-3-8-18(22)9-4-17/h3-6,8-11,15,23H,7,12-14H2,1-2H3,(H,25,27)(H2,24,26,28)/t15-/m0/s1. The zero-order chi connectivity index (χ0) is 20.4. The van der Waals surface area contributed by atoms with Crippen molar-refractivity contribution in [3.63, 3.8) is 0 Å². The van der Waals surface area contributed by atoms with Crippen molar-refractivity contribution in [1.29, 1.82) is 0 Å². The fourth-order valence-electron chi connectivity index (χ4n) is 2.68. The molecule has 2 aromatic carbocycles. The van der Waals surface area contributed by atoms with Gasteiger partial charge in [0, 0.05) is 36.3 Å². The summed E-state index contributed by atoms with van der Waals surface area (Å²) in [7, 11) is 1.86. The molecule has 0 spiro atoms. The van der Waals surface area contributed by atoms with E-state index in [4.69, 9.17) is 11.6 Å². The average Bonchev–Trinajstić information content (AvgIpc) is 2.67. The summed E-state index contributed by atoms with van der Waals surface area (Å²) in [6, 6.07) is 14.6. The summed E-state index contributed by atoms with van der Waals surface area (Å²) in [4.78, 5) is 23.9. The third-order valence-corrected chi connectivity index (χ3v) is 4.39. The molecule has 0 fully saturated rings. The maximum absolute atomic E-state index is 12.0. The number of nitrogens with one attached hydrogen (secondary N) is 4. The van der Waals surface area contributed by atoms with Gasteiger partial charge < -0.3 is 21.3 Å². The molecule has 0 aliphatic rings. The maximum atomic E-state index is 12.0. The minimum absolute atomic E-state index is 0.0338. The van der Waals surface area contributed by atoms with E-state index in [-0.39, 0.29) is 18.0 Å². The van der Waals surface area contributed by atoms with Crippen LogP contribution >= 0.6 is 11.6 Å². The first kappa shape index (κ1) is 21.7. The Bertz CT molecular complexity index is 763. The molecule has 7 heteroatoms. The van der Waals surface area contributed by atoms with Crippen molar-refractivity contribution >= 4 is 29.2 Å². The van der Waals surface area contributed by atoms with E-state index in [1.165, 1.54) is 0 Å². The lowest BCUT2D eigenvalue weighted by molar-refractivity contribution is -0.121. The van der Waals surface area contributed by atoms with Gasteiger partial charge in [-0.3, -0.25) is 4.79 Å². The summed E-state index contributed by atoms with van der Waals surface area (Å²) in [6.45, 7) is 3.13. The van der Waals surface area contributed by atoms with Crippen LogP contribution in [0, 0.1) is 0 Å². The summed E-state index contributed by atoms with van der Waals surface area (Å²) in [5.41, 5.74) is 2.71. The summed E-state index contributed by atoms with van der Waals surface area (Å²) in [5, 5.41) is 12.2. The summed E-state index contributed by atoms with van der Waals surface area (Å²) in [5.74, 6) is 0.0338. The van der Waals surface area contributed by atoms with Gasteiger partial charge in [0.2, 0.25) is 5.91 Å². The summed E-state index contributed by atoms with van der Waals surface area (Å²) >= 11 is 5.84. The molecule has 0 aliphatic heterocycles. The molecule has 0 aliphatic carbocycles. The lowest BCUT2D eigenvalue weighted by Crippen LogP contribution is -2.38. The number of anilines is 1. The smallest absolute Gasteiger partial charge is 0.319 e. The Hall–Kier alpha value is -2.57. The lowest BCUT2D eigenvalue weighted by atomic mass is 10.1. The van der Waals surface area contributed by atoms with Crippen molar-refractivity contribution < 1.29 is 9.59 Å². The number of urea groups is 1. The largest absolute Gasteiger partial charge is 0.352 e. The van der Waals surface area contributed by atoms with E-state index in [1.807, 2.05) is 50.4 Å². The van der Waals surface area contributed by atoms with Crippen LogP contribution in [0.5, 0.6) is 0 Å². The van der Waals surface area contributed by atoms with Gasteiger partial charge in [0.25, 0.3) is 0 Å². The molecule has 0 heterocycles. The highest BCUT2D eigenvalue weighted by molar-refractivity contribution is 6.30. The third kappa shape index (κ3) is 7.98. The molecule has 0 radical (unpaired) electrons. The zero-order valence-corrected chi connectivity index (χ0v) is 17.0. The number of rotatable bonds is 9. The molecule has 0 unspecified atom stereocenters. The normalized spacial score (nSPS) is 11.5. The Kier molecular flexibility index (Phi) is 8.78. The van der Waals surface area contributed by atoms with Crippen LogP contribution in [0.3, 0.4) is 0 Å². The third-order valence-electron chi connectivity index (χ3n) is 4.14. The van der Waals surface area contributed by atoms with Gasteiger partial charge in [0.1, 0.15) is 0 Å². The summed E-state index contributed by atoms with van der Waals surface area (Å²) in [6.07, 6.45) is 1.09. The Morgan fingerprint density at radius 1 is 1.00 bits per heavy atom. The number of carbonyl (C=O) groups is 2. The SMILES string of the molecule is CNC[C@H](C)NC(=O)CCc1ccc(NC(=O)NCc2ccc(Cl)cc2)cc1. The number of likely N-dealkylation sites (N-methyl/N-ethyl adjacent to an activating group) is 1. The number of amides is 3. The van der Waals surface area contributed by atoms with Crippen molar-refractivity contribution in [2.75, 3.05) is 18.9 Å². The molecule has 6 nitrogen and oxygen atoms in total. The van der Waals surface area contributed by atoms with Gasteiger partial charge in [-0.15, -0.1) is 0 Å². The predicted molar refractivity (Wildman–Crippen MR) is 114 cm³/mol. The van der Waals surface area contributed by atoms with E-state index >= 15 is 0 Å². The number of carbonyl (C=O) groups excluding carboxylic acids is 2. The fourth-order valence-corrected chi connectivity index (χ4v) is 2.80. The van der Waals surface area contributed by atoms with Gasteiger partial charge in [0.15, 0.2) is 0 Å². The van der Waals surface area contributed by atoms with E-state index in [0.717, 1.165) is 17.7 Å². The van der Waals surface area contributed by atoms with Crippen LogP contribution in [0.25, 0.3) is 0 Å². The summed E-state index contributed by atoms with van der Waals surface area (Å²) < 4.78 is 0. The number of benzene rings is 2. The first-order valence-corrected chi connectivity index (χ1v) is 9.66. The van der Waals surface area contributed by atoms with Gasteiger partial charge in [-0.25, -0.2) is 4.79 Å². The topological polar surface area (TPSA) is 82.3 Å². The van der Waals surface area contributed by atoms with Crippen LogP contribution in [-0.2, 0) is 17.8 Å². The molecular weight excluding hydrogens is 376 g/mol. The molecule has 0 saturated heterocycles. The Labute approximate surface area is 171 Å². The van der Waals surface area contributed by atoms with Gasteiger partial charge in [-0.1, -0.05) is 35.9 Å². The zero-order valence-electron chi connectivity index (χ0n) is 16.2. The Balaban J connectivity index is 1.73. The maximum Gasteiger partial charge on any atom is 0.319 e. The van der Waals surface area contributed by atoms with Gasteiger partial charge >= 0.3 is 6.03 Å². The first-order chi connectivity index (χ1) is 13.5. The highest BCUT2D eigenvalue weighted by Crippen LogP contribution is 2.12. The van der Waals surface area contributed by atoms with Gasteiger partial charge in [-0.05, 0) is 55.8 Å². The monoisotopic (exact) mass is 402 g/mol. The second kappa shape index (κ2) is 11.3. The molecule has 2 aromatic rings. The van der Waals surface area contributed by atoms with E-state index in [1.54, 1.807) is 12.1 Å². The van der Waals surface area contributed by atoms with Crippen molar-refractivity contribution in [2.45, 2.75) is 32.4 Å². The van der Waals surface area contributed by atoms with Crippen molar-refractivity contribution in [2.24, 2.45) is 0 Å². The van der Waals surface area contributed by atoms with Crippen LogP contribution in [0.2, 0.25) is 5.02 Å². The van der Waals surface area contributed by atoms with E-state index in [2.05, 4.69) is 21.3 Å². The molecule has 28 heavy (non-hydrogen) atoms. The highest BCUT2D eigenvalue weighted by Gasteiger charge is 2.07. The van der Waals surface area contributed by atoms with Crippen LogP contribution in [-0.4, -0.2) is 31.6 Å². The molecule has 4 N–H and O–H groups in total. The first-order valence-electron chi connectivity index (χ1n) is 9.28. The Morgan fingerprint density at radius 3 is 2.29 bits per heavy atom. The second-order valence-electron chi connectivity index (χ2n) is 6.66. The molecule has 3 amide bonds. The number of halogens is 1. The molecule has 0 bridgehead atoms. The molecular formula is C21H27ClN4O2. The number of hydrogen-bond acceptors (Lipinski definition) is 3. The van der Waals surface area contributed by atoms with Crippen LogP contribution in [0.4, 0.5) is 10.5 Å². The van der Waals surface area contributed by atoms with Crippen LogP contribution in [0.15, 0.2) is 48.5 Å². The van der Waals surface area contributed by atoms with Crippen molar-refractivity contribution in [3.05, 3.63) is 64.7 Å². The van der Waals surface area contributed by atoms with E-state index in [0.29, 0.717) is 30.1 Å². The molecule has 0 aromatic heterocycles. The van der Waals surface area contributed by atoms with Crippen molar-refractivity contribution in [3.8, 4) is 0 Å². The predicted octanol–water partition coefficient (Wildman–Crippen LogP) is 3.32. The minimum Gasteiger partial charge on any atom is -0.352 e.